The molecule has 0 aliphatic heterocycles. The summed E-state index contributed by atoms with van der Waals surface area (Å²) < 4.78 is 14.4. The Morgan fingerprint density at radius 2 is 1.59 bits per heavy atom. The van der Waals surface area contributed by atoms with Crippen LogP contribution < -0.4 is 0 Å². The lowest BCUT2D eigenvalue weighted by atomic mass is 10.1. The van der Waals surface area contributed by atoms with Gasteiger partial charge in [-0.1, -0.05) is 59.0 Å². The van der Waals surface area contributed by atoms with Crippen molar-refractivity contribution < 1.29 is 14.0 Å². The summed E-state index contributed by atoms with van der Waals surface area (Å²) in [6, 6.07) is 15.9. The molecule has 4 aromatic rings. The Morgan fingerprint density at radius 3 is 2.31 bits per heavy atom. The third kappa shape index (κ3) is 5.20. The number of aryl methyl sites for hydroxylation is 3. The van der Waals surface area contributed by atoms with E-state index in [0.717, 1.165) is 11.1 Å². The van der Waals surface area contributed by atoms with E-state index in [1.807, 2.05) is 30.3 Å². The Bertz CT molecular complexity index is 1230. The van der Waals surface area contributed by atoms with Crippen molar-refractivity contribution in [3.05, 3.63) is 94.0 Å². The molecule has 0 fully saturated rings. The fourth-order valence-corrected chi connectivity index (χ4v) is 4.23. The summed E-state index contributed by atoms with van der Waals surface area (Å²) in [4.78, 5) is 30.2. The lowest BCUT2D eigenvalue weighted by molar-refractivity contribution is 0.0973. The summed E-state index contributed by atoms with van der Waals surface area (Å²) in [6.07, 6.45) is 3.33. The van der Waals surface area contributed by atoms with Gasteiger partial charge in [0.1, 0.15) is 11.5 Å². The van der Waals surface area contributed by atoms with Crippen LogP contribution in [0.15, 0.2) is 60.8 Å². The van der Waals surface area contributed by atoms with Gasteiger partial charge in [-0.25, -0.2) is 9.37 Å². The zero-order valence-electron chi connectivity index (χ0n) is 17.5. The van der Waals surface area contributed by atoms with E-state index in [9.17, 15) is 14.0 Å². The number of halogens is 1. The van der Waals surface area contributed by atoms with Crippen LogP contribution in [0.2, 0.25) is 0 Å². The number of carbonyl (C=O) groups is 2. The number of aromatic nitrogens is 4. The zero-order chi connectivity index (χ0) is 22.5. The van der Waals surface area contributed by atoms with Crippen LogP contribution in [-0.4, -0.2) is 31.5 Å². The van der Waals surface area contributed by atoms with Gasteiger partial charge in [-0.2, -0.15) is 4.68 Å². The van der Waals surface area contributed by atoms with E-state index < -0.39 is 0 Å². The third-order valence-corrected chi connectivity index (χ3v) is 6.24. The first-order valence-electron chi connectivity index (χ1n) is 10.2. The molecule has 0 saturated carbocycles. The van der Waals surface area contributed by atoms with E-state index in [2.05, 4.69) is 15.3 Å². The molecule has 2 aromatic carbocycles. The van der Waals surface area contributed by atoms with E-state index in [1.165, 1.54) is 34.3 Å². The number of rotatable bonds is 9. The molecule has 8 heteroatoms. The first-order valence-corrected chi connectivity index (χ1v) is 11.1. The molecule has 0 aliphatic rings. The highest BCUT2D eigenvalue weighted by atomic mass is 32.1. The minimum Gasteiger partial charge on any atom is -0.293 e. The zero-order valence-corrected chi connectivity index (χ0v) is 18.3. The molecule has 0 amide bonds. The van der Waals surface area contributed by atoms with Crippen molar-refractivity contribution in [3.8, 4) is 5.13 Å². The number of nitrogens with zero attached hydrogens (tertiary/aromatic N) is 4. The molecule has 162 valence electrons. The molecule has 2 heterocycles. The van der Waals surface area contributed by atoms with E-state index >= 15 is 0 Å². The molecule has 0 unspecified atom stereocenters. The Morgan fingerprint density at radius 1 is 0.938 bits per heavy atom. The van der Waals surface area contributed by atoms with Gasteiger partial charge in [0.25, 0.3) is 0 Å². The lowest BCUT2D eigenvalue weighted by Crippen LogP contribution is -2.01. The molecule has 0 saturated heterocycles. The minimum absolute atomic E-state index is 0.0332. The SMILES string of the molecule is Cc1nc(-n2cc(C(=O)CCc3ccc(F)cc3)nn2)sc1C(=O)CCc1ccccc1. The van der Waals surface area contributed by atoms with Crippen molar-refractivity contribution in [1.29, 1.82) is 0 Å². The quantitative estimate of drug-likeness (QED) is 0.344. The summed E-state index contributed by atoms with van der Waals surface area (Å²) in [5.74, 6) is -0.432. The molecule has 0 spiro atoms. The number of hydrogen-bond acceptors (Lipinski definition) is 6. The fourth-order valence-electron chi connectivity index (χ4n) is 3.28. The molecular formula is C24H21FN4O2S. The van der Waals surface area contributed by atoms with Crippen molar-refractivity contribution in [2.75, 3.05) is 0 Å². The van der Waals surface area contributed by atoms with Crippen LogP contribution in [0.1, 0.15) is 49.8 Å². The Kier molecular flexibility index (Phi) is 6.61. The standard InChI is InChI=1S/C24H21FN4O2S/c1-16-23(22(31)14-10-17-5-3-2-4-6-17)32-24(26-16)29-15-20(27-28-29)21(30)13-9-18-7-11-19(25)12-8-18/h2-8,11-12,15H,9-10,13-14H2,1H3. The monoisotopic (exact) mass is 448 g/mol. The average Bonchev–Trinajstić information content (AvgIpc) is 3.45. The van der Waals surface area contributed by atoms with Gasteiger partial charge in [-0.05, 0) is 43.0 Å². The minimum atomic E-state index is -0.306. The maximum absolute atomic E-state index is 13.0. The van der Waals surface area contributed by atoms with Crippen molar-refractivity contribution in [1.82, 2.24) is 20.0 Å². The van der Waals surface area contributed by atoms with Crippen molar-refractivity contribution in [2.24, 2.45) is 0 Å². The highest BCUT2D eigenvalue weighted by molar-refractivity contribution is 7.16. The van der Waals surface area contributed by atoms with Gasteiger partial charge in [0.15, 0.2) is 11.6 Å². The second kappa shape index (κ2) is 9.74. The first-order chi connectivity index (χ1) is 15.5. The molecule has 0 aliphatic carbocycles. The van der Waals surface area contributed by atoms with E-state index in [0.29, 0.717) is 35.0 Å². The largest absolute Gasteiger partial charge is 0.293 e. The number of Topliss-reactive ketones (excluding diaryl/α,β-unsaturated/α-hetero) is 2. The maximum Gasteiger partial charge on any atom is 0.212 e. The topological polar surface area (TPSA) is 77.7 Å². The number of carbonyl (C=O) groups excluding carboxylic acids is 2. The summed E-state index contributed by atoms with van der Waals surface area (Å²) in [6.45, 7) is 1.79. The van der Waals surface area contributed by atoms with Crippen LogP contribution in [0, 0.1) is 12.7 Å². The van der Waals surface area contributed by atoms with E-state index in [-0.39, 0.29) is 29.5 Å². The fraction of sp³-hybridized carbons (Fsp3) is 0.208. The molecule has 2 aromatic heterocycles. The molecule has 0 N–H and O–H groups in total. The number of thiazole rings is 1. The molecule has 6 nitrogen and oxygen atoms in total. The first kappa shape index (κ1) is 21.7. The van der Waals surface area contributed by atoms with E-state index in [4.69, 9.17) is 0 Å². The second-order valence-electron chi connectivity index (χ2n) is 7.42. The van der Waals surface area contributed by atoms with E-state index in [1.54, 1.807) is 19.1 Å². The van der Waals surface area contributed by atoms with Crippen LogP contribution in [0.25, 0.3) is 5.13 Å². The van der Waals surface area contributed by atoms with Gasteiger partial charge in [0.05, 0.1) is 16.8 Å². The summed E-state index contributed by atoms with van der Waals surface area (Å²) >= 11 is 1.25. The number of hydrogen-bond donors (Lipinski definition) is 0. The predicted molar refractivity (Wildman–Crippen MR) is 120 cm³/mol. The summed E-state index contributed by atoms with van der Waals surface area (Å²) in [5.41, 5.74) is 2.87. The van der Waals surface area contributed by atoms with Crippen molar-refractivity contribution in [2.45, 2.75) is 32.6 Å². The molecule has 0 bridgehead atoms. The smallest absolute Gasteiger partial charge is 0.212 e. The molecule has 4 rings (SSSR count). The summed E-state index contributed by atoms with van der Waals surface area (Å²) in [5, 5.41) is 8.47. The van der Waals surface area contributed by atoms with Gasteiger partial charge in [0, 0.05) is 12.8 Å². The van der Waals surface area contributed by atoms with Crippen molar-refractivity contribution >= 4 is 22.9 Å². The highest BCUT2D eigenvalue weighted by Gasteiger charge is 2.18. The Labute approximate surface area is 188 Å². The molecule has 0 radical (unpaired) electrons. The highest BCUT2D eigenvalue weighted by Crippen LogP contribution is 2.23. The normalized spacial score (nSPS) is 10.9. The van der Waals surface area contributed by atoms with Gasteiger partial charge >= 0.3 is 0 Å². The Balaban J connectivity index is 1.39. The molecular weight excluding hydrogens is 427 g/mol. The Hall–Kier alpha value is -3.52. The van der Waals surface area contributed by atoms with Crippen LogP contribution in [-0.2, 0) is 12.8 Å². The third-order valence-electron chi connectivity index (χ3n) is 5.05. The van der Waals surface area contributed by atoms with Crippen molar-refractivity contribution in [3.63, 3.8) is 0 Å². The molecule has 32 heavy (non-hydrogen) atoms. The van der Waals surface area contributed by atoms with Crippen LogP contribution >= 0.6 is 11.3 Å². The number of benzene rings is 2. The van der Waals surface area contributed by atoms with Crippen LogP contribution in [0.3, 0.4) is 0 Å². The summed E-state index contributed by atoms with van der Waals surface area (Å²) in [7, 11) is 0. The lowest BCUT2D eigenvalue weighted by Gasteiger charge is -2.00. The van der Waals surface area contributed by atoms with Gasteiger partial charge in [-0.3, -0.25) is 9.59 Å². The maximum atomic E-state index is 13.0. The number of ketones is 2. The molecule has 0 atom stereocenters. The van der Waals surface area contributed by atoms with Crippen LogP contribution in [0.4, 0.5) is 4.39 Å². The average molecular weight is 449 g/mol. The predicted octanol–water partition coefficient (Wildman–Crippen LogP) is 4.80. The van der Waals surface area contributed by atoms with Crippen LogP contribution in [0.5, 0.6) is 0 Å². The van der Waals surface area contributed by atoms with Gasteiger partial charge in [0.2, 0.25) is 5.13 Å². The van der Waals surface area contributed by atoms with Gasteiger partial charge in [-0.15, -0.1) is 5.10 Å². The second-order valence-corrected chi connectivity index (χ2v) is 8.40. The van der Waals surface area contributed by atoms with Gasteiger partial charge < -0.3 is 0 Å².